The van der Waals surface area contributed by atoms with Gasteiger partial charge >= 0.3 is 0 Å². The Bertz CT molecular complexity index is 1210. The highest BCUT2D eigenvalue weighted by Crippen LogP contribution is 2.34. The van der Waals surface area contributed by atoms with Gasteiger partial charge in [-0.05, 0) is 29.8 Å². The second kappa shape index (κ2) is 5.27. The van der Waals surface area contributed by atoms with Crippen molar-refractivity contribution >= 4 is 28.9 Å². The second-order valence-electron chi connectivity index (χ2n) is 6.09. The van der Waals surface area contributed by atoms with Gasteiger partial charge in [-0.15, -0.1) is 0 Å². The predicted octanol–water partition coefficient (Wildman–Crippen LogP) is 2.46. The Hall–Kier alpha value is -3.47. The van der Waals surface area contributed by atoms with Crippen LogP contribution in [0.5, 0.6) is 0 Å². The first-order valence-corrected chi connectivity index (χ1v) is 8.11. The Morgan fingerprint density at radius 2 is 1.88 bits per heavy atom. The lowest BCUT2D eigenvalue weighted by molar-refractivity contribution is 0.658. The fraction of sp³-hybridized carbons (Fsp3) is 0.0500. The normalized spacial score (nSPS) is 12.8. The van der Waals surface area contributed by atoms with Crippen molar-refractivity contribution in [2.45, 2.75) is 6.54 Å². The minimum atomic E-state index is -0.0826. The minimum Gasteiger partial charge on any atom is -0.277 e. The van der Waals surface area contributed by atoms with Crippen molar-refractivity contribution in [3.8, 4) is 11.1 Å². The third-order valence-electron chi connectivity index (χ3n) is 4.56. The van der Waals surface area contributed by atoms with Crippen molar-refractivity contribution in [3.63, 3.8) is 0 Å². The lowest BCUT2D eigenvalue weighted by atomic mass is 10.1. The molecule has 0 unspecified atom stereocenters. The van der Waals surface area contributed by atoms with Gasteiger partial charge in [-0.1, -0.05) is 36.4 Å². The second-order valence-corrected chi connectivity index (χ2v) is 6.09. The first kappa shape index (κ1) is 13.9. The van der Waals surface area contributed by atoms with E-state index in [1.807, 2.05) is 60.7 Å². The van der Waals surface area contributed by atoms with Crippen LogP contribution in [0.3, 0.4) is 0 Å². The highest BCUT2D eigenvalue weighted by atomic mass is 16.1. The zero-order chi connectivity index (χ0) is 16.8. The van der Waals surface area contributed by atoms with Crippen LogP contribution < -0.4 is 16.2 Å². The molecule has 0 saturated carbocycles. The molecule has 0 bridgehead atoms. The van der Waals surface area contributed by atoms with Gasteiger partial charge in [0.25, 0.3) is 5.56 Å². The van der Waals surface area contributed by atoms with Crippen LogP contribution in [0.4, 0.5) is 5.69 Å². The van der Waals surface area contributed by atoms with Crippen molar-refractivity contribution in [2.24, 2.45) is 5.10 Å². The van der Waals surface area contributed by atoms with Gasteiger partial charge in [-0.3, -0.25) is 10.2 Å². The molecule has 5 rings (SSSR count). The molecule has 0 fully saturated rings. The van der Waals surface area contributed by atoms with Crippen molar-refractivity contribution < 1.29 is 0 Å². The van der Waals surface area contributed by atoms with Crippen LogP contribution in [0.15, 0.2) is 64.5 Å². The summed E-state index contributed by atoms with van der Waals surface area (Å²) in [5.74, 6) is 0. The van der Waals surface area contributed by atoms with E-state index in [9.17, 15) is 4.79 Å². The van der Waals surface area contributed by atoms with E-state index in [-0.39, 0.29) is 5.56 Å². The maximum Gasteiger partial charge on any atom is 0.275 e. The summed E-state index contributed by atoms with van der Waals surface area (Å²) < 4.78 is 1.54. The molecule has 0 spiro atoms. The van der Waals surface area contributed by atoms with Gasteiger partial charge < -0.3 is 0 Å². The van der Waals surface area contributed by atoms with Gasteiger partial charge in [-0.25, -0.2) is 4.68 Å². The predicted molar refractivity (Wildman–Crippen MR) is 100.0 cm³/mol. The summed E-state index contributed by atoms with van der Waals surface area (Å²) in [7, 11) is 0. The number of hydrazone groups is 1. The first-order chi connectivity index (χ1) is 12.3. The van der Waals surface area contributed by atoms with E-state index in [0.717, 1.165) is 33.1 Å². The van der Waals surface area contributed by atoms with Crippen LogP contribution in [-0.4, -0.2) is 16.0 Å². The summed E-state index contributed by atoms with van der Waals surface area (Å²) in [6.45, 7) is 0.456. The SMILES string of the molecule is O=c1c2ccc3c(c4ccc(nn1Cc1ccccc1)c2-4)NN=CC=3. The van der Waals surface area contributed by atoms with Gasteiger partial charge in [0.2, 0.25) is 0 Å². The maximum atomic E-state index is 13.0. The summed E-state index contributed by atoms with van der Waals surface area (Å²) in [6, 6.07) is 17.7. The zero-order valence-electron chi connectivity index (χ0n) is 13.3. The van der Waals surface area contributed by atoms with Crippen LogP contribution in [0.25, 0.3) is 28.1 Å². The van der Waals surface area contributed by atoms with E-state index < -0.39 is 0 Å². The Morgan fingerprint density at radius 3 is 2.76 bits per heavy atom. The van der Waals surface area contributed by atoms with Crippen LogP contribution >= 0.6 is 0 Å². The number of fused-ring (bicyclic) bond motifs is 2. The summed E-state index contributed by atoms with van der Waals surface area (Å²) in [6.07, 6.45) is 3.65. The molecule has 0 radical (unpaired) electrons. The van der Waals surface area contributed by atoms with Crippen LogP contribution in [0, 0.1) is 0 Å². The summed E-state index contributed by atoms with van der Waals surface area (Å²) in [5, 5.41) is 10.4. The summed E-state index contributed by atoms with van der Waals surface area (Å²) in [4.78, 5) is 13.0. The van der Waals surface area contributed by atoms with Crippen LogP contribution in [0.2, 0.25) is 0 Å². The average Bonchev–Trinajstić information content (AvgIpc) is 2.98. The largest absolute Gasteiger partial charge is 0.277 e. The molecule has 1 N–H and O–H groups in total. The van der Waals surface area contributed by atoms with E-state index in [2.05, 4.69) is 15.6 Å². The number of anilines is 1. The molecular weight excluding hydrogens is 312 g/mol. The van der Waals surface area contributed by atoms with Crippen LogP contribution in [-0.2, 0) is 6.54 Å². The Morgan fingerprint density at radius 1 is 1.00 bits per heavy atom. The topological polar surface area (TPSA) is 59.3 Å². The fourth-order valence-corrected chi connectivity index (χ4v) is 3.38. The molecule has 120 valence electrons. The van der Waals surface area contributed by atoms with Crippen molar-refractivity contribution in [1.82, 2.24) is 9.78 Å². The van der Waals surface area contributed by atoms with Gasteiger partial charge in [-0.2, -0.15) is 10.2 Å². The molecule has 2 aliphatic carbocycles. The summed E-state index contributed by atoms with van der Waals surface area (Å²) in [5.41, 5.74) is 7.60. The maximum absolute atomic E-state index is 13.0. The smallest absolute Gasteiger partial charge is 0.275 e. The van der Waals surface area contributed by atoms with Crippen molar-refractivity contribution in [1.29, 1.82) is 0 Å². The molecular formula is C20H14N4O. The van der Waals surface area contributed by atoms with Gasteiger partial charge in [0.15, 0.2) is 0 Å². The molecule has 0 saturated heterocycles. The lowest BCUT2D eigenvalue weighted by Gasteiger charge is -2.10. The van der Waals surface area contributed by atoms with Gasteiger partial charge in [0, 0.05) is 22.6 Å². The molecule has 1 aliphatic heterocycles. The number of nitrogens with zero attached hydrogens (tertiary/aromatic N) is 3. The number of nitrogens with one attached hydrogen (secondary N) is 1. The van der Waals surface area contributed by atoms with E-state index >= 15 is 0 Å². The highest BCUT2D eigenvalue weighted by Gasteiger charge is 2.19. The summed E-state index contributed by atoms with van der Waals surface area (Å²) >= 11 is 0. The zero-order valence-corrected chi connectivity index (χ0v) is 13.3. The van der Waals surface area contributed by atoms with Crippen molar-refractivity contribution in [2.75, 3.05) is 5.43 Å². The molecule has 1 aromatic carbocycles. The highest BCUT2D eigenvalue weighted by molar-refractivity contribution is 6.03. The third kappa shape index (κ3) is 2.13. The molecule has 0 atom stereocenters. The van der Waals surface area contributed by atoms with E-state index in [1.165, 1.54) is 0 Å². The number of aromatic nitrogens is 2. The van der Waals surface area contributed by atoms with Crippen molar-refractivity contribution in [3.05, 3.63) is 75.7 Å². The lowest BCUT2D eigenvalue weighted by Crippen LogP contribution is -2.23. The average molecular weight is 326 g/mol. The number of benzene rings is 1. The molecule has 0 amide bonds. The number of hydrogen-bond acceptors (Lipinski definition) is 4. The van der Waals surface area contributed by atoms with Gasteiger partial charge in [0.1, 0.15) is 0 Å². The van der Waals surface area contributed by atoms with E-state index in [4.69, 9.17) is 0 Å². The first-order valence-electron chi connectivity index (χ1n) is 8.11. The molecule has 5 nitrogen and oxygen atoms in total. The van der Waals surface area contributed by atoms with E-state index in [0.29, 0.717) is 11.9 Å². The molecule has 1 aromatic heterocycles. The molecule has 3 aliphatic rings. The van der Waals surface area contributed by atoms with Crippen LogP contribution in [0.1, 0.15) is 5.56 Å². The Balaban J connectivity index is 1.78. The molecule has 25 heavy (non-hydrogen) atoms. The fourth-order valence-electron chi connectivity index (χ4n) is 3.38. The Kier molecular flexibility index (Phi) is 2.94. The quantitative estimate of drug-likeness (QED) is 0.615. The Labute approximate surface area is 143 Å². The monoisotopic (exact) mass is 326 g/mol. The van der Waals surface area contributed by atoms with Gasteiger partial charge in [0.05, 0.1) is 23.1 Å². The molecule has 2 heterocycles. The van der Waals surface area contributed by atoms with E-state index in [1.54, 1.807) is 10.9 Å². The number of hydrogen-bond donors (Lipinski definition) is 1. The molecule has 2 aromatic rings. The molecule has 5 heteroatoms. The third-order valence-corrected chi connectivity index (χ3v) is 4.56. The minimum absolute atomic E-state index is 0.0826. The standard InChI is InChI=1S/C20H14N4O/c25-20-16-7-6-14-10-11-21-22-19(14)15-8-9-17(18(15)16)23-24(20)12-13-4-2-1-3-5-13/h1-11,22H,12H2. The number of rotatable bonds is 2.